The Balaban J connectivity index is 1.99. The molecular formula is C17H19N3O2. The van der Waals surface area contributed by atoms with Crippen molar-refractivity contribution in [2.75, 3.05) is 0 Å². The number of aromatic nitrogens is 3. The van der Waals surface area contributed by atoms with E-state index in [2.05, 4.69) is 28.6 Å². The van der Waals surface area contributed by atoms with Gasteiger partial charge in [-0.3, -0.25) is 9.36 Å². The highest BCUT2D eigenvalue weighted by atomic mass is 16.4. The van der Waals surface area contributed by atoms with Crippen molar-refractivity contribution in [1.29, 1.82) is 0 Å². The van der Waals surface area contributed by atoms with E-state index < -0.39 is 5.97 Å². The van der Waals surface area contributed by atoms with Gasteiger partial charge in [-0.05, 0) is 31.4 Å². The molecule has 1 N–H and O–H groups in total. The summed E-state index contributed by atoms with van der Waals surface area (Å²) < 4.78 is 4.28. The van der Waals surface area contributed by atoms with Gasteiger partial charge in [0.15, 0.2) is 0 Å². The molecular weight excluding hydrogens is 278 g/mol. The average Bonchev–Trinajstić information content (AvgIpc) is 3.11. The maximum absolute atomic E-state index is 10.7. The topological polar surface area (TPSA) is 60.0 Å². The van der Waals surface area contributed by atoms with Gasteiger partial charge >= 0.3 is 5.97 Å². The zero-order chi connectivity index (χ0) is 15.5. The molecule has 0 saturated heterocycles. The van der Waals surface area contributed by atoms with Crippen molar-refractivity contribution in [3.05, 3.63) is 48.5 Å². The Morgan fingerprint density at radius 3 is 2.82 bits per heavy atom. The maximum Gasteiger partial charge on any atom is 0.303 e. The molecule has 0 bridgehead atoms. The highest BCUT2D eigenvalue weighted by molar-refractivity contribution is 5.87. The Bertz CT molecular complexity index is 788. The first-order valence-electron chi connectivity index (χ1n) is 7.46. The third-order valence-corrected chi connectivity index (χ3v) is 3.96. The molecule has 3 aromatic rings. The molecule has 114 valence electrons. The number of carboxylic acids is 1. The van der Waals surface area contributed by atoms with Gasteiger partial charge in [0.1, 0.15) is 12.1 Å². The smallest absolute Gasteiger partial charge is 0.303 e. The molecule has 0 spiro atoms. The lowest BCUT2D eigenvalue weighted by Crippen LogP contribution is -2.06. The lowest BCUT2D eigenvalue weighted by Gasteiger charge is -2.11. The van der Waals surface area contributed by atoms with Crippen molar-refractivity contribution in [3.63, 3.8) is 0 Å². The lowest BCUT2D eigenvalue weighted by molar-refractivity contribution is -0.137. The number of imidazole rings is 1. The predicted molar refractivity (Wildman–Crippen MR) is 85.3 cm³/mol. The number of hydrogen-bond donors (Lipinski definition) is 1. The number of para-hydroxylation sites is 1. The van der Waals surface area contributed by atoms with Crippen molar-refractivity contribution >= 4 is 16.9 Å². The van der Waals surface area contributed by atoms with Crippen LogP contribution in [0.1, 0.15) is 24.8 Å². The van der Waals surface area contributed by atoms with E-state index in [4.69, 9.17) is 5.11 Å². The summed E-state index contributed by atoms with van der Waals surface area (Å²) in [4.78, 5) is 14.8. The first-order chi connectivity index (χ1) is 10.7. The van der Waals surface area contributed by atoms with Crippen LogP contribution in [0.2, 0.25) is 0 Å². The minimum absolute atomic E-state index is 0.221. The minimum atomic E-state index is -0.733. The van der Waals surface area contributed by atoms with E-state index >= 15 is 0 Å². The van der Waals surface area contributed by atoms with E-state index in [1.807, 2.05) is 22.9 Å². The molecule has 0 unspecified atom stereocenters. The molecule has 0 amide bonds. The second-order valence-corrected chi connectivity index (χ2v) is 5.44. The van der Waals surface area contributed by atoms with Crippen LogP contribution in [0.15, 0.2) is 43.0 Å². The second kappa shape index (κ2) is 6.05. The third kappa shape index (κ3) is 2.62. The highest BCUT2D eigenvalue weighted by Crippen LogP contribution is 2.28. The van der Waals surface area contributed by atoms with Crippen molar-refractivity contribution < 1.29 is 9.90 Å². The standard InChI is InChI=1S/C17H19N3O2/c1-13-14-6-2-3-7-15(14)20(10-5-4-8-16(21)22)17(13)19-11-9-18-12-19/h2-3,6-7,9,11-12H,4-5,8,10H2,1H3,(H,21,22). The fourth-order valence-corrected chi connectivity index (χ4v) is 2.95. The summed E-state index contributed by atoms with van der Waals surface area (Å²) in [7, 11) is 0. The van der Waals surface area contributed by atoms with Gasteiger partial charge in [0.25, 0.3) is 0 Å². The summed E-state index contributed by atoms with van der Waals surface area (Å²) in [5.74, 6) is 0.373. The van der Waals surface area contributed by atoms with E-state index in [0.717, 1.165) is 18.8 Å². The molecule has 0 atom stereocenters. The first-order valence-corrected chi connectivity index (χ1v) is 7.46. The molecule has 2 heterocycles. The molecule has 0 saturated carbocycles. The fraction of sp³-hybridized carbons (Fsp3) is 0.294. The number of aryl methyl sites for hydroxylation is 2. The first kappa shape index (κ1) is 14.4. The minimum Gasteiger partial charge on any atom is -0.481 e. The quantitative estimate of drug-likeness (QED) is 0.709. The molecule has 5 heteroatoms. The summed E-state index contributed by atoms with van der Waals surface area (Å²) in [6.45, 7) is 2.92. The number of hydrogen-bond acceptors (Lipinski definition) is 2. The zero-order valence-corrected chi connectivity index (χ0v) is 12.6. The zero-order valence-electron chi connectivity index (χ0n) is 12.6. The molecule has 22 heavy (non-hydrogen) atoms. The van der Waals surface area contributed by atoms with E-state index in [1.165, 1.54) is 16.5 Å². The van der Waals surface area contributed by atoms with E-state index in [1.54, 1.807) is 12.5 Å². The summed E-state index contributed by atoms with van der Waals surface area (Å²) in [5, 5.41) is 10.00. The molecule has 0 aliphatic carbocycles. The van der Waals surface area contributed by atoms with Gasteiger partial charge in [0, 0.05) is 36.3 Å². The summed E-state index contributed by atoms with van der Waals surface area (Å²) in [6.07, 6.45) is 7.25. The van der Waals surface area contributed by atoms with Crippen LogP contribution in [0.5, 0.6) is 0 Å². The largest absolute Gasteiger partial charge is 0.481 e. The summed E-state index contributed by atoms with van der Waals surface area (Å²) in [5.41, 5.74) is 2.39. The van der Waals surface area contributed by atoms with Crippen LogP contribution in [-0.2, 0) is 11.3 Å². The third-order valence-electron chi connectivity index (χ3n) is 3.96. The van der Waals surface area contributed by atoms with Crippen LogP contribution in [0.4, 0.5) is 0 Å². The number of benzene rings is 1. The summed E-state index contributed by atoms with van der Waals surface area (Å²) in [6, 6.07) is 8.31. The Kier molecular flexibility index (Phi) is 3.96. The number of fused-ring (bicyclic) bond motifs is 1. The average molecular weight is 297 g/mol. The number of unbranched alkanes of at least 4 members (excludes halogenated alkanes) is 1. The van der Waals surface area contributed by atoms with Crippen molar-refractivity contribution in [2.24, 2.45) is 0 Å². The number of carbonyl (C=O) groups is 1. The summed E-state index contributed by atoms with van der Waals surface area (Å²) >= 11 is 0. The van der Waals surface area contributed by atoms with Crippen molar-refractivity contribution in [2.45, 2.75) is 32.7 Å². The highest BCUT2D eigenvalue weighted by Gasteiger charge is 2.14. The molecule has 0 fully saturated rings. The number of aliphatic carboxylic acids is 1. The van der Waals surface area contributed by atoms with Crippen molar-refractivity contribution in [3.8, 4) is 5.82 Å². The van der Waals surface area contributed by atoms with Gasteiger partial charge < -0.3 is 9.67 Å². The Hall–Kier alpha value is -2.56. The Morgan fingerprint density at radius 2 is 2.09 bits per heavy atom. The molecule has 0 aliphatic heterocycles. The molecule has 3 rings (SSSR count). The van der Waals surface area contributed by atoms with E-state index in [-0.39, 0.29) is 6.42 Å². The normalized spacial score (nSPS) is 11.1. The second-order valence-electron chi connectivity index (χ2n) is 5.44. The molecule has 0 aliphatic rings. The van der Waals surface area contributed by atoms with Gasteiger partial charge in [-0.25, -0.2) is 4.98 Å². The Morgan fingerprint density at radius 1 is 1.27 bits per heavy atom. The number of carboxylic acid groups (broad SMARTS) is 1. The predicted octanol–water partition coefficient (Wildman–Crippen LogP) is 3.39. The van der Waals surface area contributed by atoms with E-state index in [0.29, 0.717) is 6.42 Å². The lowest BCUT2D eigenvalue weighted by atomic mass is 10.2. The number of rotatable bonds is 6. The van der Waals surface area contributed by atoms with Gasteiger partial charge in [-0.1, -0.05) is 18.2 Å². The van der Waals surface area contributed by atoms with Crippen LogP contribution in [0.25, 0.3) is 16.7 Å². The Labute approximate surface area is 128 Å². The maximum atomic E-state index is 10.7. The SMILES string of the molecule is Cc1c(-n2ccnc2)n(CCCCC(=O)O)c2ccccc12. The van der Waals surface area contributed by atoms with Gasteiger partial charge in [0.05, 0.1) is 0 Å². The number of nitrogens with zero attached hydrogens (tertiary/aromatic N) is 3. The van der Waals surface area contributed by atoms with Crippen LogP contribution < -0.4 is 0 Å². The fourth-order valence-electron chi connectivity index (χ4n) is 2.95. The van der Waals surface area contributed by atoms with Crippen LogP contribution in [0.3, 0.4) is 0 Å². The molecule has 0 radical (unpaired) electrons. The van der Waals surface area contributed by atoms with Crippen LogP contribution >= 0.6 is 0 Å². The van der Waals surface area contributed by atoms with Gasteiger partial charge in [-0.2, -0.15) is 0 Å². The van der Waals surface area contributed by atoms with E-state index in [9.17, 15) is 4.79 Å². The van der Waals surface area contributed by atoms with Gasteiger partial charge in [0.2, 0.25) is 0 Å². The molecule has 5 nitrogen and oxygen atoms in total. The molecule has 1 aromatic carbocycles. The van der Waals surface area contributed by atoms with Crippen molar-refractivity contribution in [1.82, 2.24) is 14.1 Å². The molecule has 2 aromatic heterocycles. The monoisotopic (exact) mass is 297 g/mol. The van der Waals surface area contributed by atoms with Gasteiger partial charge in [-0.15, -0.1) is 0 Å². The van der Waals surface area contributed by atoms with Crippen LogP contribution in [0, 0.1) is 6.92 Å². The van der Waals surface area contributed by atoms with Crippen LogP contribution in [-0.4, -0.2) is 25.2 Å².